The van der Waals surface area contributed by atoms with Crippen LogP contribution in [0.2, 0.25) is 0 Å². The van der Waals surface area contributed by atoms with Crippen LogP contribution in [0.5, 0.6) is 0 Å². The summed E-state index contributed by atoms with van der Waals surface area (Å²) in [5.41, 5.74) is -2.06. The van der Waals surface area contributed by atoms with Crippen molar-refractivity contribution in [3.63, 3.8) is 0 Å². The number of carbonyl (C=O) groups is 1. The van der Waals surface area contributed by atoms with Gasteiger partial charge in [-0.3, -0.25) is 4.79 Å². The average molecular weight is 273 g/mol. The highest BCUT2D eigenvalue weighted by Gasteiger charge is 2.69. The predicted molar refractivity (Wildman–Crippen MR) is 59.0 cm³/mol. The fraction of sp³-hybridized carbons (Fsp3) is 0.900. The Balaban J connectivity index is 0.00000144. The lowest BCUT2D eigenvalue weighted by molar-refractivity contribution is -0.200. The van der Waals surface area contributed by atoms with Crippen LogP contribution in [0.25, 0.3) is 0 Å². The van der Waals surface area contributed by atoms with Crippen LogP contribution in [0.3, 0.4) is 0 Å². The number of nitrogens with zero attached hydrogens (tertiary/aromatic N) is 1. The van der Waals surface area contributed by atoms with Crippen molar-refractivity contribution in [2.24, 2.45) is 5.41 Å². The molecule has 1 saturated carbocycles. The van der Waals surface area contributed by atoms with Crippen molar-refractivity contribution in [1.82, 2.24) is 10.2 Å². The molecular weight excluding hydrogens is 257 g/mol. The molecule has 2 aliphatic rings. The van der Waals surface area contributed by atoms with Gasteiger partial charge in [-0.15, -0.1) is 12.4 Å². The molecule has 0 spiro atoms. The quantitative estimate of drug-likeness (QED) is 0.786. The number of amides is 1. The summed E-state index contributed by atoms with van der Waals surface area (Å²) in [7, 11) is 0. The molecule has 1 unspecified atom stereocenters. The van der Waals surface area contributed by atoms with Gasteiger partial charge in [0.15, 0.2) is 0 Å². The van der Waals surface area contributed by atoms with Crippen LogP contribution in [0.1, 0.15) is 19.8 Å². The smallest absolute Gasteiger partial charge is 0.337 e. The van der Waals surface area contributed by atoms with Crippen molar-refractivity contribution in [1.29, 1.82) is 0 Å². The average Bonchev–Trinajstić information content (AvgIpc) is 2.97. The van der Waals surface area contributed by atoms with Gasteiger partial charge in [-0.1, -0.05) is 0 Å². The fourth-order valence-electron chi connectivity index (χ4n) is 2.16. The molecule has 0 aromatic carbocycles. The summed E-state index contributed by atoms with van der Waals surface area (Å²) in [6.07, 6.45) is -4.49. The van der Waals surface area contributed by atoms with E-state index < -0.39 is 17.5 Å². The number of rotatable bonds is 1. The van der Waals surface area contributed by atoms with E-state index in [0.29, 0.717) is 19.6 Å². The Kier molecular flexibility index (Phi) is 3.98. The molecule has 1 atom stereocenters. The molecule has 1 aliphatic heterocycles. The summed E-state index contributed by atoms with van der Waals surface area (Å²) in [6.45, 7) is 3.29. The summed E-state index contributed by atoms with van der Waals surface area (Å²) in [6, 6.07) is -0.152. The first-order valence-electron chi connectivity index (χ1n) is 5.47. The van der Waals surface area contributed by atoms with Crippen LogP contribution in [0.4, 0.5) is 13.2 Å². The van der Waals surface area contributed by atoms with Gasteiger partial charge in [0.05, 0.1) is 0 Å². The molecule has 0 radical (unpaired) electrons. The molecule has 1 aliphatic carbocycles. The molecule has 100 valence electrons. The van der Waals surface area contributed by atoms with Gasteiger partial charge in [-0.2, -0.15) is 13.2 Å². The lowest BCUT2D eigenvalue weighted by Gasteiger charge is -2.37. The summed E-state index contributed by atoms with van der Waals surface area (Å²) in [5.74, 6) is -0.728. The van der Waals surface area contributed by atoms with Crippen molar-refractivity contribution < 1.29 is 18.0 Å². The standard InChI is InChI=1S/C10H15F3N2O.ClH/c1-7-6-14-4-5-15(7)8(16)9(2-3-9)10(11,12)13;/h7,14H,2-6H2,1H3;1H. The van der Waals surface area contributed by atoms with Gasteiger partial charge in [0.25, 0.3) is 0 Å². The molecule has 7 heteroatoms. The van der Waals surface area contributed by atoms with Crippen molar-refractivity contribution in [3.05, 3.63) is 0 Å². The van der Waals surface area contributed by atoms with Crippen LogP contribution in [0, 0.1) is 5.41 Å². The van der Waals surface area contributed by atoms with Crippen molar-refractivity contribution >= 4 is 18.3 Å². The van der Waals surface area contributed by atoms with E-state index in [9.17, 15) is 18.0 Å². The largest absolute Gasteiger partial charge is 0.403 e. The lowest BCUT2D eigenvalue weighted by atomic mass is 10.0. The maximum atomic E-state index is 12.8. The second-order valence-corrected chi connectivity index (χ2v) is 4.63. The summed E-state index contributed by atoms with van der Waals surface area (Å²) < 4.78 is 38.3. The van der Waals surface area contributed by atoms with Gasteiger partial charge in [-0.05, 0) is 19.8 Å². The highest BCUT2D eigenvalue weighted by atomic mass is 35.5. The Bertz CT molecular complexity index is 304. The van der Waals surface area contributed by atoms with E-state index in [0.717, 1.165) is 0 Å². The van der Waals surface area contributed by atoms with Crippen LogP contribution >= 0.6 is 12.4 Å². The highest BCUT2D eigenvalue weighted by molar-refractivity contribution is 5.86. The van der Waals surface area contributed by atoms with Crippen LogP contribution in [0.15, 0.2) is 0 Å². The van der Waals surface area contributed by atoms with Crippen LogP contribution in [-0.4, -0.2) is 42.7 Å². The van der Waals surface area contributed by atoms with Gasteiger partial charge in [0, 0.05) is 25.7 Å². The van der Waals surface area contributed by atoms with Crippen molar-refractivity contribution in [2.45, 2.75) is 32.0 Å². The van der Waals surface area contributed by atoms with E-state index in [2.05, 4.69) is 5.32 Å². The van der Waals surface area contributed by atoms with E-state index in [1.165, 1.54) is 4.90 Å². The second kappa shape index (κ2) is 4.65. The van der Waals surface area contributed by atoms with E-state index >= 15 is 0 Å². The molecule has 3 nitrogen and oxygen atoms in total. The first-order valence-corrected chi connectivity index (χ1v) is 5.47. The maximum absolute atomic E-state index is 12.8. The zero-order chi connectivity index (χ0) is 12.0. The molecule has 2 fully saturated rings. The van der Waals surface area contributed by atoms with Gasteiger partial charge >= 0.3 is 6.18 Å². The number of hydrogen-bond acceptors (Lipinski definition) is 2. The Morgan fingerprint density at radius 1 is 1.41 bits per heavy atom. The second-order valence-electron chi connectivity index (χ2n) is 4.63. The Morgan fingerprint density at radius 3 is 2.41 bits per heavy atom. The fourth-order valence-corrected chi connectivity index (χ4v) is 2.16. The highest BCUT2D eigenvalue weighted by Crippen LogP contribution is 2.58. The van der Waals surface area contributed by atoms with Crippen molar-refractivity contribution in [2.75, 3.05) is 19.6 Å². The van der Waals surface area contributed by atoms with Gasteiger partial charge in [-0.25, -0.2) is 0 Å². The molecule has 1 N–H and O–H groups in total. The third-order valence-corrected chi connectivity index (χ3v) is 3.46. The molecule has 1 amide bonds. The summed E-state index contributed by atoms with van der Waals surface area (Å²) in [4.78, 5) is 13.3. The molecule has 1 heterocycles. The molecule has 17 heavy (non-hydrogen) atoms. The topological polar surface area (TPSA) is 32.3 Å². The first kappa shape index (κ1) is 14.6. The maximum Gasteiger partial charge on any atom is 0.403 e. The minimum atomic E-state index is -4.39. The van der Waals surface area contributed by atoms with Crippen LogP contribution < -0.4 is 5.32 Å². The Hall–Kier alpha value is -0.490. The Labute approximate surface area is 104 Å². The number of halogens is 4. The SMILES string of the molecule is CC1CNCCN1C(=O)C1(C(F)(F)F)CC1.Cl. The van der Waals surface area contributed by atoms with Gasteiger partial charge < -0.3 is 10.2 Å². The zero-order valence-corrected chi connectivity index (χ0v) is 10.3. The molecule has 2 rings (SSSR count). The van der Waals surface area contributed by atoms with Crippen LogP contribution in [-0.2, 0) is 4.79 Å². The number of piperazine rings is 1. The van der Waals surface area contributed by atoms with E-state index in [1.807, 2.05) is 0 Å². The molecule has 0 aromatic rings. The van der Waals surface area contributed by atoms with Gasteiger partial charge in [0.1, 0.15) is 5.41 Å². The number of hydrogen-bond donors (Lipinski definition) is 1. The first-order chi connectivity index (χ1) is 7.38. The summed E-state index contributed by atoms with van der Waals surface area (Å²) >= 11 is 0. The normalized spacial score (nSPS) is 27.3. The third kappa shape index (κ3) is 2.38. The molecule has 0 bridgehead atoms. The third-order valence-electron chi connectivity index (χ3n) is 3.46. The van der Waals surface area contributed by atoms with Gasteiger partial charge in [0.2, 0.25) is 5.91 Å². The lowest BCUT2D eigenvalue weighted by Crippen LogP contribution is -2.56. The molecule has 0 aromatic heterocycles. The van der Waals surface area contributed by atoms with E-state index in [-0.39, 0.29) is 31.3 Å². The van der Waals surface area contributed by atoms with E-state index in [1.54, 1.807) is 6.92 Å². The molecular formula is C10H16ClF3N2O. The summed E-state index contributed by atoms with van der Waals surface area (Å²) in [5, 5.41) is 3.05. The monoisotopic (exact) mass is 272 g/mol. The molecule has 1 saturated heterocycles. The predicted octanol–water partition coefficient (Wildman–Crippen LogP) is 1.57. The van der Waals surface area contributed by atoms with E-state index in [4.69, 9.17) is 0 Å². The number of nitrogens with one attached hydrogen (secondary N) is 1. The zero-order valence-electron chi connectivity index (χ0n) is 9.51. The number of alkyl halides is 3. The minimum absolute atomic E-state index is 0. The van der Waals surface area contributed by atoms with Crippen molar-refractivity contribution in [3.8, 4) is 0 Å². The minimum Gasteiger partial charge on any atom is -0.337 e. The Morgan fingerprint density at radius 2 is 2.00 bits per heavy atom. The number of carbonyl (C=O) groups excluding carboxylic acids is 1.